The van der Waals surface area contributed by atoms with E-state index in [0.29, 0.717) is 12.2 Å². The summed E-state index contributed by atoms with van der Waals surface area (Å²) in [4.78, 5) is 22.6. The Morgan fingerprint density at radius 1 is 1.24 bits per heavy atom. The quantitative estimate of drug-likeness (QED) is 0.893. The minimum Gasteiger partial charge on any atom is -0.372 e. The summed E-state index contributed by atoms with van der Waals surface area (Å²) in [7, 11) is 0. The summed E-state index contributed by atoms with van der Waals surface area (Å²) in [5.41, 5.74) is 1.60. The van der Waals surface area contributed by atoms with Crippen molar-refractivity contribution in [3.63, 3.8) is 0 Å². The molecule has 0 radical (unpaired) electrons. The molecule has 1 fully saturated rings. The van der Waals surface area contributed by atoms with Crippen molar-refractivity contribution in [2.45, 2.75) is 32.6 Å². The highest BCUT2D eigenvalue weighted by molar-refractivity contribution is 5.89. The molecule has 2 amide bonds. The van der Waals surface area contributed by atoms with Crippen LogP contribution in [-0.4, -0.2) is 41.3 Å². The first kappa shape index (κ1) is 17.2. The number of carbonyl (C=O) groups is 1. The molecule has 1 aliphatic rings. The van der Waals surface area contributed by atoms with Gasteiger partial charge < -0.3 is 20.3 Å². The number of ether oxygens (including phenoxy) is 1. The Balaban J connectivity index is 1.52. The van der Waals surface area contributed by atoms with Gasteiger partial charge >= 0.3 is 6.03 Å². The number of nitrogens with zero attached hydrogens (tertiary/aromatic N) is 3. The van der Waals surface area contributed by atoms with Crippen molar-refractivity contribution in [3.05, 3.63) is 48.4 Å². The lowest BCUT2D eigenvalue weighted by Gasteiger charge is -2.36. The summed E-state index contributed by atoms with van der Waals surface area (Å²) in [5.74, 6) is 0.892. The number of hydrogen-bond acceptors (Lipinski definition) is 5. The zero-order valence-electron chi connectivity index (χ0n) is 14.5. The van der Waals surface area contributed by atoms with Crippen molar-refractivity contribution in [1.82, 2.24) is 15.3 Å². The van der Waals surface area contributed by atoms with Crippen LogP contribution in [0.5, 0.6) is 0 Å². The maximum atomic E-state index is 12.0. The van der Waals surface area contributed by atoms with Crippen molar-refractivity contribution < 1.29 is 9.53 Å². The molecule has 0 saturated carbocycles. The number of amides is 2. The second-order valence-corrected chi connectivity index (χ2v) is 6.24. The van der Waals surface area contributed by atoms with Gasteiger partial charge in [0.05, 0.1) is 24.1 Å². The number of aromatic nitrogens is 2. The second-order valence-electron chi connectivity index (χ2n) is 6.24. The highest BCUT2D eigenvalue weighted by Gasteiger charge is 2.22. The van der Waals surface area contributed by atoms with Gasteiger partial charge in [-0.2, -0.15) is 0 Å². The molecular weight excluding hydrogens is 318 g/mol. The van der Waals surface area contributed by atoms with E-state index in [4.69, 9.17) is 4.74 Å². The van der Waals surface area contributed by atoms with Gasteiger partial charge in [0.15, 0.2) is 0 Å². The molecule has 1 saturated heterocycles. The molecule has 3 heterocycles. The van der Waals surface area contributed by atoms with Crippen LogP contribution >= 0.6 is 0 Å². The van der Waals surface area contributed by atoms with Gasteiger partial charge in [-0.3, -0.25) is 4.98 Å². The number of nitrogens with one attached hydrogen (secondary N) is 2. The number of morpholine rings is 1. The van der Waals surface area contributed by atoms with Gasteiger partial charge in [-0.25, -0.2) is 9.78 Å². The molecule has 25 heavy (non-hydrogen) atoms. The minimum absolute atomic E-state index is 0.182. The van der Waals surface area contributed by atoms with E-state index in [1.807, 2.05) is 24.3 Å². The van der Waals surface area contributed by atoms with Crippen molar-refractivity contribution in [2.24, 2.45) is 0 Å². The number of carbonyl (C=O) groups excluding carboxylic acids is 1. The highest BCUT2D eigenvalue weighted by Crippen LogP contribution is 2.19. The monoisotopic (exact) mass is 341 g/mol. The molecule has 7 heteroatoms. The van der Waals surface area contributed by atoms with Gasteiger partial charge in [0, 0.05) is 32.0 Å². The average Bonchev–Trinajstić information content (AvgIpc) is 2.61. The first-order chi connectivity index (χ1) is 12.1. The number of pyridine rings is 2. The van der Waals surface area contributed by atoms with E-state index in [1.165, 1.54) is 0 Å². The number of urea groups is 1. The lowest BCUT2D eigenvalue weighted by molar-refractivity contribution is -0.00545. The molecule has 2 aromatic rings. The second kappa shape index (κ2) is 7.94. The Morgan fingerprint density at radius 2 is 2.04 bits per heavy atom. The zero-order valence-corrected chi connectivity index (χ0v) is 14.5. The molecular formula is C18H23N5O2. The number of anilines is 2. The number of hydrogen-bond donors (Lipinski definition) is 2. The molecule has 0 aliphatic carbocycles. The van der Waals surface area contributed by atoms with Crippen LogP contribution in [0, 0.1) is 0 Å². The SMILES string of the molecule is CC1CN(c2ccc(NC(=O)NCc3cccnc3)cn2)CC(C)O1. The fourth-order valence-electron chi connectivity index (χ4n) is 2.87. The maximum Gasteiger partial charge on any atom is 0.319 e. The predicted octanol–water partition coefficient (Wildman–Crippen LogP) is 2.41. The Labute approximate surface area is 147 Å². The fraction of sp³-hybridized carbons (Fsp3) is 0.389. The fourth-order valence-corrected chi connectivity index (χ4v) is 2.87. The summed E-state index contributed by atoms with van der Waals surface area (Å²) >= 11 is 0. The van der Waals surface area contributed by atoms with Crippen LogP contribution in [-0.2, 0) is 11.3 Å². The van der Waals surface area contributed by atoms with Gasteiger partial charge in [-0.15, -0.1) is 0 Å². The predicted molar refractivity (Wildman–Crippen MR) is 96.6 cm³/mol. The van der Waals surface area contributed by atoms with Crippen LogP contribution in [0.15, 0.2) is 42.9 Å². The van der Waals surface area contributed by atoms with Gasteiger partial charge in [0.2, 0.25) is 0 Å². The van der Waals surface area contributed by atoms with E-state index < -0.39 is 0 Å². The van der Waals surface area contributed by atoms with Gasteiger partial charge in [-0.05, 0) is 37.6 Å². The average molecular weight is 341 g/mol. The van der Waals surface area contributed by atoms with Crippen LogP contribution in [0.25, 0.3) is 0 Å². The zero-order chi connectivity index (χ0) is 17.6. The molecule has 1 aliphatic heterocycles. The molecule has 2 unspecified atom stereocenters. The molecule has 132 valence electrons. The van der Waals surface area contributed by atoms with Crippen LogP contribution in [0.4, 0.5) is 16.3 Å². The van der Waals surface area contributed by atoms with E-state index in [-0.39, 0.29) is 18.2 Å². The van der Waals surface area contributed by atoms with Crippen molar-refractivity contribution in [1.29, 1.82) is 0 Å². The molecule has 3 rings (SSSR count). The van der Waals surface area contributed by atoms with Crippen LogP contribution in [0.2, 0.25) is 0 Å². The van der Waals surface area contributed by atoms with Crippen molar-refractivity contribution >= 4 is 17.5 Å². The van der Waals surface area contributed by atoms with Crippen LogP contribution < -0.4 is 15.5 Å². The topological polar surface area (TPSA) is 79.4 Å². The van der Waals surface area contributed by atoms with Gasteiger partial charge in [0.1, 0.15) is 5.82 Å². The number of rotatable bonds is 4. The largest absolute Gasteiger partial charge is 0.372 e. The Bertz CT molecular complexity index is 682. The van der Waals surface area contributed by atoms with Crippen molar-refractivity contribution in [2.75, 3.05) is 23.3 Å². The van der Waals surface area contributed by atoms with Crippen LogP contribution in [0.1, 0.15) is 19.4 Å². The maximum absolute atomic E-state index is 12.0. The Hall–Kier alpha value is -2.67. The minimum atomic E-state index is -0.271. The highest BCUT2D eigenvalue weighted by atomic mass is 16.5. The van der Waals surface area contributed by atoms with Crippen molar-refractivity contribution in [3.8, 4) is 0 Å². The third-order valence-corrected chi connectivity index (χ3v) is 3.93. The van der Waals surface area contributed by atoms with Gasteiger partial charge in [0.25, 0.3) is 0 Å². The third kappa shape index (κ3) is 4.90. The standard InChI is InChI=1S/C18H23N5O2/c1-13-11-23(12-14(2)25-13)17-6-5-16(10-20-17)22-18(24)21-9-15-4-3-7-19-8-15/h3-8,10,13-14H,9,11-12H2,1-2H3,(H2,21,22,24). The van der Waals surface area contributed by atoms with E-state index >= 15 is 0 Å². The van der Waals surface area contributed by atoms with Crippen LogP contribution in [0.3, 0.4) is 0 Å². The smallest absolute Gasteiger partial charge is 0.319 e. The Kier molecular flexibility index (Phi) is 5.45. The molecule has 2 aromatic heterocycles. The normalized spacial score (nSPS) is 20.2. The lowest BCUT2D eigenvalue weighted by atomic mass is 10.2. The molecule has 0 spiro atoms. The molecule has 0 aromatic carbocycles. The van der Waals surface area contributed by atoms with E-state index in [2.05, 4.69) is 39.3 Å². The summed E-state index contributed by atoms with van der Waals surface area (Å²) in [6, 6.07) is 7.25. The summed E-state index contributed by atoms with van der Waals surface area (Å²) in [5, 5.41) is 5.58. The summed E-state index contributed by atoms with van der Waals surface area (Å²) in [6.07, 6.45) is 5.46. The first-order valence-corrected chi connectivity index (χ1v) is 8.40. The summed E-state index contributed by atoms with van der Waals surface area (Å²) in [6.45, 7) is 6.18. The molecule has 0 bridgehead atoms. The molecule has 7 nitrogen and oxygen atoms in total. The lowest BCUT2D eigenvalue weighted by Crippen LogP contribution is -2.45. The van der Waals surface area contributed by atoms with E-state index in [0.717, 1.165) is 24.5 Å². The molecule has 2 atom stereocenters. The van der Waals surface area contributed by atoms with Gasteiger partial charge in [-0.1, -0.05) is 6.07 Å². The Morgan fingerprint density at radius 3 is 2.68 bits per heavy atom. The first-order valence-electron chi connectivity index (χ1n) is 8.40. The molecule has 2 N–H and O–H groups in total. The summed E-state index contributed by atoms with van der Waals surface area (Å²) < 4.78 is 5.74. The van der Waals surface area contributed by atoms with E-state index in [1.54, 1.807) is 18.6 Å². The van der Waals surface area contributed by atoms with E-state index in [9.17, 15) is 4.79 Å². The third-order valence-electron chi connectivity index (χ3n) is 3.93.